The van der Waals surface area contributed by atoms with Crippen LogP contribution in [0.5, 0.6) is 0 Å². The summed E-state index contributed by atoms with van der Waals surface area (Å²) in [5.74, 6) is 0.797. The molecule has 0 spiro atoms. The van der Waals surface area contributed by atoms with Crippen molar-refractivity contribution in [1.29, 1.82) is 0 Å². The second kappa shape index (κ2) is 7.02. The van der Waals surface area contributed by atoms with E-state index in [9.17, 15) is 0 Å². The standard InChI is InChI=1S/C12H22O2/c1-11-4-2-5-12(10-11)6-9-14-8-3-7-13/h12-13H,1-10H2. The van der Waals surface area contributed by atoms with E-state index in [0.29, 0.717) is 6.61 Å². The van der Waals surface area contributed by atoms with Gasteiger partial charge in [-0.2, -0.15) is 0 Å². The van der Waals surface area contributed by atoms with Gasteiger partial charge >= 0.3 is 0 Å². The molecule has 1 N–H and O–H groups in total. The summed E-state index contributed by atoms with van der Waals surface area (Å²) in [5, 5.41) is 8.56. The van der Waals surface area contributed by atoms with Crippen LogP contribution in [-0.2, 0) is 4.74 Å². The van der Waals surface area contributed by atoms with Gasteiger partial charge in [-0.15, -0.1) is 0 Å². The summed E-state index contributed by atoms with van der Waals surface area (Å²) in [6.45, 7) is 5.83. The highest BCUT2D eigenvalue weighted by atomic mass is 16.5. The second-order valence-electron chi connectivity index (χ2n) is 4.19. The average Bonchev–Trinajstić information content (AvgIpc) is 2.18. The lowest BCUT2D eigenvalue weighted by atomic mass is 9.84. The summed E-state index contributed by atoms with van der Waals surface area (Å²) in [5.41, 5.74) is 1.41. The summed E-state index contributed by atoms with van der Waals surface area (Å²) in [6, 6.07) is 0. The van der Waals surface area contributed by atoms with E-state index in [0.717, 1.165) is 25.4 Å². The minimum Gasteiger partial charge on any atom is -0.396 e. The molecule has 0 bridgehead atoms. The largest absolute Gasteiger partial charge is 0.396 e. The van der Waals surface area contributed by atoms with Crippen molar-refractivity contribution in [3.8, 4) is 0 Å². The summed E-state index contributed by atoms with van der Waals surface area (Å²) in [4.78, 5) is 0. The zero-order valence-electron chi connectivity index (χ0n) is 9.00. The molecule has 82 valence electrons. The topological polar surface area (TPSA) is 29.5 Å². The van der Waals surface area contributed by atoms with Gasteiger partial charge in [0.25, 0.3) is 0 Å². The summed E-state index contributed by atoms with van der Waals surface area (Å²) < 4.78 is 5.42. The Bertz CT molecular complexity index is 166. The van der Waals surface area contributed by atoms with Gasteiger partial charge < -0.3 is 9.84 Å². The van der Waals surface area contributed by atoms with Crippen molar-refractivity contribution >= 4 is 0 Å². The van der Waals surface area contributed by atoms with Crippen LogP contribution in [0, 0.1) is 5.92 Å². The monoisotopic (exact) mass is 198 g/mol. The van der Waals surface area contributed by atoms with Crippen molar-refractivity contribution < 1.29 is 9.84 Å². The molecule has 1 unspecified atom stereocenters. The molecule has 1 fully saturated rings. The Labute approximate surface area is 87.0 Å². The van der Waals surface area contributed by atoms with Gasteiger partial charge in [0.2, 0.25) is 0 Å². The summed E-state index contributed by atoms with van der Waals surface area (Å²) in [7, 11) is 0. The van der Waals surface area contributed by atoms with Crippen LogP contribution in [0.3, 0.4) is 0 Å². The normalized spacial score (nSPS) is 22.6. The highest BCUT2D eigenvalue weighted by Gasteiger charge is 2.15. The maximum atomic E-state index is 8.56. The Kier molecular flexibility index (Phi) is 5.88. The average molecular weight is 198 g/mol. The van der Waals surface area contributed by atoms with E-state index in [4.69, 9.17) is 9.84 Å². The zero-order chi connectivity index (χ0) is 10.2. The third-order valence-electron chi connectivity index (χ3n) is 2.84. The lowest BCUT2D eigenvalue weighted by Crippen LogP contribution is -2.11. The molecule has 0 heterocycles. The minimum absolute atomic E-state index is 0.236. The fourth-order valence-electron chi connectivity index (χ4n) is 2.02. The molecular formula is C12H22O2. The van der Waals surface area contributed by atoms with Gasteiger partial charge in [-0.05, 0) is 44.4 Å². The van der Waals surface area contributed by atoms with Crippen molar-refractivity contribution in [2.24, 2.45) is 5.92 Å². The molecular weight excluding hydrogens is 176 g/mol. The van der Waals surface area contributed by atoms with E-state index < -0.39 is 0 Å². The lowest BCUT2D eigenvalue weighted by Gasteiger charge is -2.23. The molecule has 2 nitrogen and oxygen atoms in total. The lowest BCUT2D eigenvalue weighted by molar-refractivity contribution is 0.102. The van der Waals surface area contributed by atoms with Gasteiger partial charge in [0.05, 0.1) is 0 Å². The quantitative estimate of drug-likeness (QED) is 0.525. The third kappa shape index (κ3) is 4.77. The zero-order valence-corrected chi connectivity index (χ0v) is 9.00. The predicted molar refractivity (Wildman–Crippen MR) is 58.2 cm³/mol. The van der Waals surface area contributed by atoms with Gasteiger partial charge in [0.15, 0.2) is 0 Å². The van der Waals surface area contributed by atoms with E-state index in [2.05, 4.69) is 6.58 Å². The van der Waals surface area contributed by atoms with Crippen LogP contribution in [0.2, 0.25) is 0 Å². The van der Waals surface area contributed by atoms with Crippen molar-refractivity contribution in [2.75, 3.05) is 19.8 Å². The van der Waals surface area contributed by atoms with E-state index in [1.807, 2.05) is 0 Å². The first-order valence-electron chi connectivity index (χ1n) is 5.68. The van der Waals surface area contributed by atoms with Crippen molar-refractivity contribution in [1.82, 2.24) is 0 Å². The van der Waals surface area contributed by atoms with Gasteiger partial charge in [0, 0.05) is 19.8 Å². The third-order valence-corrected chi connectivity index (χ3v) is 2.84. The molecule has 1 rings (SSSR count). The van der Waals surface area contributed by atoms with Crippen molar-refractivity contribution in [2.45, 2.75) is 38.5 Å². The molecule has 2 heteroatoms. The Morgan fingerprint density at radius 3 is 3.00 bits per heavy atom. The van der Waals surface area contributed by atoms with Gasteiger partial charge in [-0.1, -0.05) is 12.2 Å². The van der Waals surface area contributed by atoms with E-state index in [-0.39, 0.29) is 6.61 Å². The molecule has 0 aromatic rings. The first-order valence-corrected chi connectivity index (χ1v) is 5.68. The van der Waals surface area contributed by atoms with Gasteiger partial charge in [-0.25, -0.2) is 0 Å². The first-order chi connectivity index (χ1) is 6.83. The Morgan fingerprint density at radius 2 is 2.29 bits per heavy atom. The molecule has 0 amide bonds. The number of aliphatic hydroxyl groups is 1. The molecule has 0 saturated heterocycles. The molecule has 0 aliphatic heterocycles. The Balaban J connectivity index is 1.97. The number of hydrogen-bond donors (Lipinski definition) is 1. The number of ether oxygens (including phenoxy) is 1. The smallest absolute Gasteiger partial charge is 0.0487 e. The molecule has 14 heavy (non-hydrogen) atoms. The fraction of sp³-hybridized carbons (Fsp3) is 0.833. The number of aliphatic hydroxyl groups excluding tert-OH is 1. The predicted octanol–water partition coefficient (Wildman–Crippen LogP) is 2.52. The fourth-order valence-corrected chi connectivity index (χ4v) is 2.02. The highest BCUT2D eigenvalue weighted by Crippen LogP contribution is 2.29. The van der Waals surface area contributed by atoms with Gasteiger partial charge in [0.1, 0.15) is 0 Å². The van der Waals surface area contributed by atoms with Crippen LogP contribution in [0.1, 0.15) is 38.5 Å². The SMILES string of the molecule is C=C1CCCC(CCOCCCO)C1. The number of hydrogen-bond acceptors (Lipinski definition) is 2. The first kappa shape index (κ1) is 11.7. The van der Waals surface area contributed by atoms with Crippen molar-refractivity contribution in [3.63, 3.8) is 0 Å². The van der Waals surface area contributed by atoms with Crippen LogP contribution < -0.4 is 0 Å². The van der Waals surface area contributed by atoms with Crippen LogP contribution in [0.4, 0.5) is 0 Å². The molecule has 0 aromatic heterocycles. The van der Waals surface area contributed by atoms with Crippen LogP contribution in [-0.4, -0.2) is 24.9 Å². The minimum atomic E-state index is 0.236. The van der Waals surface area contributed by atoms with E-state index >= 15 is 0 Å². The Hall–Kier alpha value is -0.340. The molecule has 1 saturated carbocycles. The molecule has 0 radical (unpaired) electrons. The number of rotatable bonds is 6. The molecule has 1 aliphatic rings. The van der Waals surface area contributed by atoms with E-state index in [1.54, 1.807) is 0 Å². The van der Waals surface area contributed by atoms with Crippen LogP contribution in [0.15, 0.2) is 12.2 Å². The van der Waals surface area contributed by atoms with Crippen LogP contribution in [0.25, 0.3) is 0 Å². The summed E-state index contributed by atoms with van der Waals surface area (Å²) in [6.07, 6.45) is 6.98. The van der Waals surface area contributed by atoms with Crippen molar-refractivity contribution in [3.05, 3.63) is 12.2 Å². The molecule has 1 aliphatic carbocycles. The van der Waals surface area contributed by atoms with Crippen LogP contribution >= 0.6 is 0 Å². The maximum Gasteiger partial charge on any atom is 0.0487 e. The Morgan fingerprint density at radius 1 is 1.43 bits per heavy atom. The van der Waals surface area contributed by atoms with Gasteiger partial charge in [-0.3, -0.25) is 0 Å². The molecule has 0 aromatic carbocycles. The van der Waals surface area contributed by atoms with E-state index in [1.165, 1.54) is 31.3 Å². The molecule has 1 atom stereocenters. The highest BCUT2D eigenvalue weighted by molar-refractivity contribution is 4.98. The number of allylic oxidation sites excluding steroid dienone is 1. The summed E-state index contributed by atoms with van der Waals surface area (Å²) >= 11 is 0. The second-order valence-corrected chi connectivity index (χ2v) is 4.19. The maximum absolute atomic E-state index is 8.56.